The van der Waals surface area contributed by atoms with Gasteiger partial charge in [0.15, 0.2) is 5.13 Å². The molecule has 1 aromatic rings. The lowest BCUT2D eigenvalue weighted by atomic mass is 10.2. The van der Waals surface area contributed by atoms with Crippen LogP contribution >= 0.6 is 36.2 Å². The number of nitrogens with zero attached hydrogens (tertiary/aromatic N) is 3. The predicted octanol–water partition coefficient (Wildman–Crippen LogP) is 1.01. The number of anilines is 1. The van der Waals surface area contributed by atoms with Crippen LogP contribution in [0, 0.1) is 0 Å². The van der Waals surface area contributed by atoms with E-state index in [2.05, 4.69) is 15.2 Å². The molecule has 1 unspecified atom stereocenters. The van der Waals surface area contributed by atoms with E-state index in [4.69, 9.17) is 4.74 Å². The Labute approximate surface area is 147 Å². The van der Waals surface area contributed by atoms with Crippen LogP contribution in [0.25, 0.3) is 0 Å². The molecule has 22 heavy (non-hydrogen) atoms. The van der Waals surface area contributed by atoms with Gasteiger partial charge in [-0.25, -0.2) is 4.98 Å². The molecule has 0 aliphatic carbocycles. The van der Waals surface area contributed by atoms with Crippen LogP contribution in [-0.4, -0.2) is 67.8 Å². The number of rotatable bonds is 2. The molecule has 1 atom stereocenters. The monoisotopic (exact) mass is 368 g/mol. The lowest BCUT2D eigenvalue weighted by Gasteiger charge is -2.29. The number of halogens is 2. The molecule has 6 nitrogen and oxygen atoms in total. The van der Waals surface area contributed by atoms with Gasteiger partial charge in [-0.3, -0.25) is 4.79 Å². The fraction of sp³-hybridized carbons (Fsp3) is 0.692. The quantitative estimate of drug-likeness (QED) is 0.844. The van der Waals surface area contributed by atoms with Crippen LogP contribution in [0.2, 0.25) is 0 Å². The van der Waals surface area contributed by atoms with Crippen LogP contribution in [0.1, 0.15) is 6.42 Å². The van der Waals surface area contributed by atoms with E-state index in [0.29, 0.717) is 13.2 Å². The first-order valence-corrected chi connectivity index (χ1v) is 7.97. The lowest BCUT2D eigenvalue weighted by molar-refractivity contribution is -0.136. The Kier molecular flexibility index (Phi) is 8.41. The van der Waals surface area contributed by atoms with Crippen molar-refractivity contribution in [2.75, 3.05) is 50.8 Å². The Balaban J connectivity index is 0.00000121. The summed E-state index contributed by atoms with van der Waals surface area (Å²) >= 11 is 1.66. The fourth-order valence-electron chi connectivity index (χ4n) is 2.65. The first kappa shape index (κ1) is 19.4. The highest BCUT2D eigenvalue weighted by Gasteiger charge is 2.27. The topological polar surface area (TPSA) is 57.7 Å². The van der Waals surface area contributed by atoms with Crippen molar-refractivity contribution in [3.05, 3.63) is 11.6 Å². The number of carbonyl (C=O) groups excluding carboxylic acids is 1. The number of carbonyl (C=O) groups is 1. The summed E-state index contributed by atoms with van der Waals surface area (Å²) < 4.78 is 5.38. The highest BCUT2D eigenvalue weighted by molar-refractivity contribution is 7.13. The molecule has 1 N–H and O–H groups in total. The third kappa shape index (κ3) is 4.70. The van der Waals surface area contributed by atoms with Crippen LogP contribution in [0.4, 0.5) is 5.13 Å². The molecule has 2 saturated heterocycles. The number of hydrogen-bond donors (Lipinski definition) is 1. The molecule has 3 rings (SSSR count). The molecule has 2 aliphatic heterocycles. The summed E-state index contributed by atoms with van der Waals surface area (Å²) in [5.74, 6) is 0.172. The molecule has 2 fully saturated rings. The molecule has 0 spiro atoms. The Hall–Kier alpha value is -0.600. The SMILES string of the molecule is Cl.Cl.O=C(C1COCCN1)N1CCCN(c2nccs2)CC1. The normalized spacial score (nSPS) is 22.3. The van der Waals surface area contributed by atoms with Gasteiger partial charge in [-0.1, -0.05) is 0 Å². The van der Waals surface area contributed by atoms with Gasteiger partial charge >= 0.3 is 0 Å². The number of ether oxygens (including phenoxy) is 1. The number of thiazole rings is 1. The third-order valence-corrected chi connectivity index (χ3v) is 4.55. The molecular formula is C13H22Cl2N4O2S. The minimum Gasteiger partial charge on any atom is -0.378 e. The van der Waals surface area contributed by atoms with Crippen molar-refractivity contribution in [3.8, 4) is 0 Å². The zero-order valence-corrected chi connectivity index (χ0v) is 14.7. The summed E-state index contributed by atoms with van der Waals surface area (Å²) in [6, 6.07) is -0.171. The van der Waals surface area contributed by atoms with Crippen LogP contribution in [-0.2, 0) is 9.53 Å². The maximum Gasteiger partial charge on any atom is 0.242 e. The van der Waals surface area contributed by atoms with Gasteiger partial charge < -0.3 is 19.9 Å². The summed E-state index contributed by atoms with van der Waals surface area (Å²) in [7, 11) is 0. The summed E-state index contributed by atoms with van der Waals surface area (Å²) in [6.45, 7) is 5.34. The molecule has 1 aromatic heterocycles. The summed E-state index contributed by atoms with van der Waals surface area (Å²) in [6.07, 6.45) is 2.82. The highest BCUT2D eigenvalue weighted by atomic mass is 35.5. The van der Waals surface area contributed by atoms with E-state index < -0.39 is 0 Å². The number of hydrogen-bond acceptors (Lipinski definition) is 6. The number of amides is 1. The van der Waals surface area contributed by atoms with Crippen molar-refractivity contribution < 1.29 is 9.53 Å². The lowest BCUT2D eigenvalue weighted by Crippen LogP contribution is -2.53. The van der Waals surface area contributed by atoms with Crippen LogP contribution < -0.4 is 10.2 Å². The van der Waals surface area contributed by atoms with Gasteiger partial charge in [0.2, 0.25) is 5.91 Å². The zero-order chi connectivity index (χ0) is 13.8. The van der Waals surface area contributed by atoms with E-state index in [1.807, 2.05) is 16.5 Å². The first-order chi connectivity index (χ1) is 9.84. The van der Waals surface area contributed by atoms with Crippen molar-refractivity contribution in [2.24, 2.45) is 0 Å². The van der Waals surface area contributed by atoms with Gasteiger partial charge in [-0.05, 0) is 6.42 Å². The molecule has 0 saturated carbocycles. The third-order valence-electron chi connectivity index (χ3n) is 3.72. The van der Waals surface area contributed by atoms with Gasteiger partial charge in [0.1, 0.15) is 6.04 Å². The molecular weight excluding hydrogens is 347 g/mol. The molecule has 0 radical (unpaired) electrons. The van der Waals surface area contributed by atoms with E-state index in [-0.39, 0.29) is 36.8 Å². The zero-order valence-electron chi connectivity index (χ0n) is 12.3. The van der Waals surface area contributed by atoms with Crippen LogP contribution in [0.15, 0.2) is 11.6 Å². The van der Waals surface area contributed by atoms with Gasteiger partial charge in [0.25, 0.3) is 0 Å². The second-order valence-corrected chi connectivity index (χ2v) is 5.94. The van der Waals surface area contributed by atoms with Gasteiger partial charge in [-0.15, -0.1) is 36.2 Å². The first-order valence-electron chi connectivity index (χ1n) is 7.09. The Morgan fingerprint density at radius 1 is 1.32 bits per heavy atom. The Bertz CT molecular complexity index is 443. The van der Waals surface area contributed by atoms with E-state index in [0.717, 1.165) is 44.3 Å². The van der Waals surface area contributed by atoms with Crippen molar-refractivity contribution in [1.29, 1.82) is 0 Å². The molecule has 0 aromatic carbocycles. The van der Waals surface area contributed by atoms with Crippen molar-refractivity contribution in [3.63, 3.8) is 0 Å². The van der Waals surface area contributed by atoms with Crippen molar-refractivity contribution in [2.45, 2.75) is 12.5 Å². The van der Waals surface area contributed by atoms with Gasteiger partial charge in [-0.2, -0.15) is 0 Å². The smallest absolute Gasteiger partial charge is 0.242 e. The molecule has 1 amide bonds. The van der Waals surface area contributed by atoms with Gasteiger partial charge in [0, 0.05) is 44.3 Å². The molecule has 2 aliphatic rings. The minimum absolute atomic E-state index is 0. The number of morpholine rings is 1. The second kappa shape index (κ2) is 9.52. The molecule has 126 valence electrons. The van der Waals surface area contributed by atoms with E-state index in [1.54, 1.807) is 11.3 Å². The number of nitrogens with one attached hydrogen (secondary N) is 1. The Morgan fingerprint density at radius 2 is 2.18 bits per heavy atom. The van der Waals surface area contributed by atoms with E-state index in [9.17, 15) is 4.79 Å². The van der Waals surface area contributed by atoms with Crippen molar-refractivity contribution >= 4 is 47.2 Å². The van der Waals surface area contributed by atoms with Crippen molar-refractivity contribution in [1.82, 2.24) is 15.2 Å². The van der Waals surface area contributed by atoms with Crippen LogP contribution in [0.3, 0.4) is 0 Å². The fourth-order valence-corrected chi connectivity index (χ4v) is 3.34. The summed E-state index contributed by atoms with van der Waals surface area (Å²) in [4.78, 5) is 21.0. The number of aromatic nitrogens is 1. The predicted molar refractivity (Wildman–Crippen MR) is 92.6 cm³/mol. The van der Waals surface area contributed by atoms with Crippen LogP contribution in [0.5, 0.6) is 0 Å². The van der Waals surface area contributed by atoms with Gasteiger partial charge in [0.05, 0.1) is 13.2 Å². The summed E-state index contributed by atoms with van der Waals surface area (Å²) in [5.41, 5.74) is 0. The molecule has 9 heteroatoms. The van der Waals surface area contributed by atoms with E-state index in [1.165, 1.54) is 0 Å². The molecule has 3 heterocycles. The Morgan fingerprint density at radius 3 is 2.86 bits per heavy atom. The average Bonchev–Trinajstić information content (AvgIpc) is 2.92. The van der Waals surface area contributed by atoms with E-state index >= 15 is 0 Å². The average molecular weight is 369 g/mol. The molecule has 0 bridgehead atoms. The minimum atomic E-state index is -0.171. The highest BCUT2D eigenvalue weighted by Crippen LogP contribution is 2.19. The maximum atomic E-state index is 12.5. The standard InChI is InChI=1S/C13H20N4O2S.2ClH/c18-12(11-10-19-8-2-14-11)16-4-1-5-17(7-6-16)13-15-3-9-20-13;;/h3,9,11,14H,1-2,4-8,10H2;2*1H. The summed E-state index contributed by atoms with van der Waals surface area (Å²) in [5, 5.41) is 6.28. The maximum absolute atomic E-state index is 12.5. The second-order valence-electron chi connectivity index (χ2n) is 5.06. The largest absolute Gasteiger partial charge is 0.378 e.